The molecule has 0 unspecified atom stereocenters. The van der Waals surface area contributed by atoms with Gasteiger partial charge in [0.1, 0.15) is 16.4 Å². The zero-order valence-electron chi connectivity index (χ0n) is 11.9. The molecule has 114 valence electrons. The molecule has 2 heterocycles. The third-order valence-corrected chi connectivity index (χ3v) is 6.28. The van der Waals surface area contributed by atoms with Crippen molar-refractivity contribution in [2.75, 3.05) is 7.05 Å². The molecule has 0 saturated heterocycles. The fourth-order valence-electron chi connectivity index (χ4n) is 2.71. The molecule has 2 aromatic rings. The number of sulfonamides is 1. The van der Waals surface area contributed by atoms with Crippen LogP contribution in [0.3, 0.4) is 0 Å². The van der Waals surface area contributed by atoms with Crippen LogP contribution >= 0.6 is 11.3 Å². The van der Waals surface area contributed by atoms with Crippen LogP contribution in [-0.4, -0.2) is 25.4 Å². The maximum absolute atomic E-state index is 12.3. The number of H-pyrrole nitrogens is 1. The fraction of sp³-hybridized carbons (Fsp3) is 0.538. The highest BCUT2D eigenvalue weighted by atomic mass is 32.2. The summed E-state index contributed by atoms with van der Waals surface area (Å²) in [6.07, 6.45) is 2.95. The third kappa shape index (κ3) is 2.75. The summed E-state index contributed by atoms with van der Waals surface area (Å²) in [7, 11) is -2.10. The lowest BCUT2D eigenvalue weighted by Crippen LogP contribution is -2.23. The third-order valence-electron chi connectivity index (χ3n) is 3.85. The summed E-state index contributed by atoms with van der Waals surface area (Å²) in [6.45, 7) is 2.20. The van der Waals surface area contributed by atoms with Crippen LogP contribution in [0.5, 0.6) is 0 Å². The summed E-state index contributed by atoms with van der Waals surface area (Å²) in [5, 5.41) is 0.646. The first kappa shape index (κ1) is 14.7. The van der Waals surface area contributed by atoms with E-state index in [4.69, 9.17) is 0 Å². The van der Waals surface area contributed by atoms with Crippen molar-refractivity contribution >= 4 is 31.6 Å². The van der Waals surface area contributed by atoms with Crippen LogP contribution in [0.15, 0.2) is 4.79 Å². The molecule has 1 atom stereocenters. The van der Waals surface area contributed by atoms with Gasteiger partial charge in [-0.15, -0.1) is 11.3 Å². The zero-order valence-corrected chi connectivity index (χ0v) is 13.5. The van der Waals surface area contributed by atoms with Gasteiger partial charge in [-0.25, -0.2) is 18.1 Å². The van der Waals surface area contributed by atoms with Crippen molar-refractivity contribution in [3.8, 4) is 0 Å². The van der Waals surface area contributed by atoms with Crippen LogP contribution in [0.4, 0.5) is 0 Å². The Morgan fingerprint density at radius 2 is 2.24 bits per heavy atom. The van der Waals surface area contributed by atoms with Gasteiger partial charge in [0, 0.05) is 4.88 Å². The summed E-state index contributed by atoms with van der Waals surface area (Å²) in [4.78, 5) is 21.1. The van der Waals surface area contributed by atoms with E-state index in [1.165, 1.54) is 23.3 Å². The zero-order chi connectivity index (χ0) is 15.2. The smallest absolute Gasteiger partial charge is 0.259 e. The van der Waals surface area contributed by atoms with Crippen LogP contribution in [0.2, 0.25) is 0 Å². The number of aromatic amines is 1. The number of rotatable bonds is 3. The van der Waals surface area contributed by atoms with Crippen molar-refractivity contribution in [1.82, 2.24) is 14.7 Å². The van der Waals surface area contributed by atoms with Gasteiger partial charge in [0.05, 0.1) is 5.39 Å². The van der Waals surface area contributed by atoms with Crippen LogP contribution in [-0.2, 0) is 28.6 Å². The van der Waals surface area contributed by atoms with Crippen LogP contribution < -0.4 is 10.3 Å². The largest absolute Gasteiger partial charge is 0.309 e. The minimum absolute atomic E-state index is 0.188. The second kappa shape index (κ2) is 5.19. The lowest BCUT2D eigenvalue weighted by Gasteiger charge is -2.17. The molecule has 2 aromatic heterocycles. The molecular weight excluding hydrogens is 310 g/mol. The fourth-order valence-corrected chi connectivity index (χ4v) is 4.76. The summed E-state index contributed by atoms with van der Waals surface area (Å²) in [5.74, 6) is 0.496. The van der Waals surface area contributed by atoms with E-state index in [-0.39, 0.29) is 17.1 Å². The van der Waals surface area contributed by atoms with Crippen LogP contribution in [0.1, 0.15) is 29.6 Å². The molecule has 0 spiro atoms. The average Bonchev–Trinajstić information content (AvgIpc) is 2.75. The number of nitrogens with one attached hydrogen (secondary N) is 2. The summed E-state index contributed by atoms with van der Waals surface area (Å²) in [5.41, 5.74) is 0.873. The van der Waals surface area contributed by atoms with Gasteiger partial charge in [0.25, 0.3) is 5.56 Å². The van der Waals surface area contributed by atoms with Gasteiger partial charge in [0.2, 0.25) is 10.0 Å². The first-order valence-corrected chi connectivity index (χ1v) is 9.31. The number of nitrogens with zero attached hydrogens (tertiary/aromatic N) is 1. The van der Waals surface area contributed by atoms with Gasteiger partial charge >= 0.3 is 0 Å². The normalized spacial score (nSPS) is 18.9. The first-order valence-electron chi connectivity index (χ1n) is 6.84. The predicted octanol–water partition coefficient (Wildman–Crippen LogP) is 1.16. The van der Waals surface area contributed by atoms with Gasteiger partial charge in [0.15, 0.2) is 0 Å². The van der Waals surface area contributed by atoms with E-state index in [0.717, 1.165) is 24.8 Å². The average molecular weight is 327 g/mol. The Labute approximate surface area is 126 Å². The standard InChI is InChI=1S/C13H17N3O3S2/c1-7-3-4-8-9(5-7)20-13-11(8)12(17)15-10(16-13)6-21(18,19)14-2/h7,14H,3-6H2,1-2H3,(H,15,16,17)/t7-/m0/s1. The number of aryl methyl sites for hydroxylation is 1. The molecule has 1 aliphatic carbocycles. The molecule has 0 bridgehead atoms. The minimum atomic E-state index is -3.45. The SMILES string of the molecule is CNS(=O)(=O)Cc1nc2sc3c(c2c(=O)[nH]1)CC[C@H](C)C3. The monoisotopic (exact) mass is 327 g/mol. The molecule has 1 aliphatic rings. The Hall–Kier alpha value is -1.25. The molecule has 21 heavy (non-hydrogen) atoms. The number of hydrogen-bond donors (Lipinski definition) is 2. The van der Waals surface area contributed by atoms with Gasteiger partial charge < -0.3 is 4.98 Å². The molecule has 6 nitrogen and oxygen atoms in total. The Kier molecular flexibility index (Phi) is 3.62. The summed E-state index contributed by atoms with van der Waals surface area (Å²) < 4.78 is 25.4. The van der Waals surface area contributed by atoms with Gasteiger partial charge in [-0.3, -0.25) is 4.79 Å². The molecule has 0 aromatic carbocycles. The maximum atomic E-state index is 12.3. The second-order valence-electron chi connectivity index (χ2n) is 5.51. The van der Waals surface area contributed by atoms with E-state index in [9.17, 15) is 13.2 Å². The first-order chi connectivity index (χ1) is 9.89. The summed E-state index contributed by atoms with van der Waals surface area (Å²) in [6, 6.07) is 0. The van der Waals surface area contributed by atoms with E-state index in [1.807, 2.05) is 0 Å². The van der Waals surface area contributed by atoms with Crippen LogP contribution in [0, 0.1) is 5.92 Å². The number of fused-ring (bicyclic) bond motifs is 3. The minimum Gasteiger partial charge on any atom is -0.309 e. The molecular formula is C13H17N3O3S2. The van der Waals surface area contributed by atoms with E-state index in [2.05, 4.69) is 21.6 Å². The highest BCUT2D eigenvalue weighted by molar-refractivity contribution is 7.88. The van der Waals surface area contributed by atoms with E-state index in [1.54, 1.807) is 0 Å². The van der Waals surface area contributed by atoms with Crippen molar-refractivity contribution in [2.24, 2.45) is 5.92 Å². The molecule has 0 amide bonds. The molecule has 2 N–H and O–H groups in total. The predicted molar refractivity (Wildman–Crippen MR) is 83.1 cm³/mol. The van der Waals surface area contributed by atoms with Crippen molar-refractivity contribution in [3.63, 3.8) is 0 Å². The molecule has 0 fully saturated rings. The van der Waals surface area contributed by atoms with Crippen molar-refractivity contribution in [2.45, 2.75) is 31.9 Å². The van der Waals surface area contributed by atoms with Gasteiger partial charge in [-0.2, -0.15) is 0 Å². The molecule has 8 heteroatoms. The highest BCUT2D eigenvalue weighted by Crippen LogP contribution is 2.35. The quantitative estimate of drug-likeness (QED) is 0.885. The van der Waals surface area contributed by atoms with Gasteiger partial charge in [-0.1, -0.05) is 6.92 Å². The van der Waals surface area contributed by atoms with E-state index in [0.29, 0.717) is 16.1 Å². The van der Waals surface area contributed by atoms with Crippen molar-refractivity contribution < 1.29 is 8.42 Å². The highest BCUT2D eigenvalue weighted by Gasteiger charge is 2.23. The number of aromatic nitrogens is 2. The van der Waals surface area contributed by atoms with Crippen molar-refractivity contribution in [1.29, 1.82) is 0 Å². The molecule has 3 rings (SSSR count). The van der Waals surface area contributed by atoms with E-state index >= 15 is 0 Å². The number of hydrogen-bond acceptors (Lipinski definition) is 5. The van der Waals surface area contributed by atoms with Crippen molar-refractivity contribution in [3.05, 3.63) is 26.6 Å². The lowest BCUT2D eigenvalue weighted by molar-refractivity contribution is 0.509. The van der Waals surface area contributed by atoms with Crippen LogP contribution in [0.25, 0.3) is 10.2 Å². The molecule has 0 radical (unpaired) electrons. The summed E-state index contributed by atoms with van der Waals surface area (Å²) >= 11 is 1.52. The molecule has 0 saturated carbocycles. The Morgan fingerprint density at radius 1 is 1.48 bits per heavy atom. The Bertz CT molecular complexity index is 851. The molecule has 0 aliphatic heterocycles. The number of thiophene rings is 1. The van der Waals surface area contributed by atoms with Gasteiger partial charge in [-0.05, 0) is 37.8 Å². The topological polar surface area (TPSA) is 91.9 Å². The second-order valence-corrected chi connectivity index (χ2v) is 8.52. The Balaban J connectivity index is 2.11. The Morgan fingerprint density at radius 3 is 2.95 bits per heavy atom. The van der Waals surface area contributed by atoms with E-state index < -0.39 is 10.0 Å². The maximum Gasteiger partial charge on any atom is 0.259 e. The lowest BCUT2D eigenvalue weighted by atomic mass is 9.89.